The lowest BCUT2D eigenvalue weighted by atomic mass is 10.0. The van der Waals surface area contributed by atoms with Crippen LogP contribution < -0.4 is 5.32 Å². The molecule has 0 radical (unpaired) electrons. The number of halogens is 1. The second kappa shape index (κ2) is 6.19. The van der Waals surface area contributed by atoms with E-state index in [9.17, 15) is 4.79 Å². The molecule has 0 aromatic carbocycles. The topological polar surface area (TPSA) is 70.2 Å². The van der Waals surface area contributed by atoms with E-state index in [1.54, 1.807) is 18.1 Å². The van der Waals surface area contributed by atoms with E-state index in [0.29, 0.717) is 18.3 Å². The van der Waals surface area contributed by atoms with Crippen molar-refractivity contribution in [2.45, 2.75) is 12.8 Å². The van der Waals surface area contributed by atoms with E-state index in [1.165, 1.54) is 0 Å². The van der Waals surface area contributed by atoms with Crippen molar-refractivity contribution in [1.29, 1.82) is 0 Å². The molecule has 2 heterocycles. The summed E-state index contributed by atoms with van der Waals surface area (Å²) in [4.78, 5) is 13.6. The van der Waals surface area contributed by atoms with Crippen LogP contribution in [0.25, 0.3) is 0 Å². The molecule has 0 aliphatic carbocycles. The monoisotopic (exact) mass is 316 g/mol. The predicted octanol–water partition coefficient (Wildman–Crippen LogP) is 2.06. The summed E-state index contributed by atoms with van der Waals surface area (Å²) in [5, 5.41) is 9.30. The van der Waals surface area contributed by atoms with Crippen LogP contribution in [0.1, 0.15) is 12.8 Å². The summed E-state index contributed by atoms with van der Waals surface area (Å²) in [6.07, 6.45) is 3.79. The number of rotatable bonds is 3. The Balaban J connectivity index is 1.83. The lowest BCUT2D eigenvalue weighted by molar-refractivity contribution is 0.0464. The fourth-order valence-corrected chi connectivity index (χ4v) is 2.27. The van der Waals surface area contributed by atoms with Gasteiger partial charge in [-0.1, -0.05) is 0 Å². The third-order valence-corrected chi connectivity index (χ3v) is 3.56. The first-order valence-electron chi connectivity index (χ1n) is 5.95. The van der Waals surface area contributed by atoms with E-state index in [1.807, 2.05) is 0 Å². The second-order valence-corrected chi connectivity index (χ2v) is 5.34. The maximum atomic E-state index is 11.9. The minimum atomic E-state index is -0.148. The molecule has 1 aliphatic rings. The first-order chi connectivity index (χ1) is 8.66. The average molecular weight is 317 g/mol. The number of carbonyl (C=O) groups excluding carboxylic acids is 1. The molecule has 7 heteroatoms. The molecule has 1 fully saturated rings. The summed E-state index contributed by atoms with van der Waals surface area (Å²) in [5.41, 5.74) is 0. The summed E-state index contributed by atoms with van der Waals surface area (Å²) in [6.45, 7) is 2.29. The van der Waals surface area contributed by atoms with E-state index < -0.39 is 0 Å². The SMILES string of the molecule is CN(CC1CCCOC1)C(=O)Nc1[nH]ncc1Br. The molecular weight excluding hydrogens is 300 g/mol. The van der Waals surface area contributed by atoms with Crippen molar-refractivity contribution in [3.8, 4) is 0 Å². The van der Waals surface area contributed by atoms with Crippen LogP contribution in [0.2, 0.25) is 0 Å². The number of nitrogens with one attached hydrogen (secondary N) is 2. The smallest absolute Gasteiger partial charge is 0.322 e. The molecule has 6 nitrogen and oxygen atoms in total. The van der Waals surface area contributed by atoms with Crippen LogP contribution in [0, 0.1) is 5.92 Å². The fourth-order valence-electron chi connectivity index (χ4n) is 1.98. The zero-order valence-electron chi connectivity index (χ0n) is 10.3. The highest BCUT2D eigenvalue weighted by atomic mass is 79.9. The summed E-state index contributed by atoms with van der Waals surface area (Å²) in [6, 6.07) is -0.148. The first-order valence-corrected chi connectivity index (χ1v) is 6.75. The Bertz CT molecular complexity index is 404. The van der Waals surface area contributed by atoms with Crippen molar-refractivity contribution in [2.75, 3.05) is 32.1 Å². The fraction of sp³-hybridized carbons (Fsp3) is 0.636. The number of nitrogens with zero attached hydrogens (tertiary/aromatic N) is 2. The van der Waals surface area contributed by atoms with E-state index in [0.717, 1.165) is 30.5 Å². The van der Waals surface area contributed by atoms with Crippen LogP contribution in [-0.4, -0.2) is 47.9 Å². The van der Waals surface area contributed by atoms with E-state index in [-0.39, 0.29) is 6.03 Å². The number of carbonyl (C=O) groups is 1. The van der Waals surface area contributed by atoms with Gasteiger partial charge in [-0.3, -0.25) is 10.4 Å². The van der Waals surface area contributed by atoms with Crippen molar-refractivity contribution in [1.82, 2.24) is 15.1 Å². The van der Waals surface area contributed by atoms with Gasteiger partial charge in [0, 0.05) is 26.1 Å². The molecule has 1 saturated heterocycles. The molecule has 1 aromatic heterocycles. The number of hydrogen-bond donors (Lipinski definition) is 2. The summed E-state index contributed by atoms with van der Waals surface area (Å²) >= 11 is 3.30. The van der Waals surface area contributed by atoms with E-state index in [2.05, 4.69) is 31.4 Å². The molecule has 18 heavy (non-hydrogen) atoms. The lowest BCUT2D eigenvalue weighted by Crippen LogP contribution is -2.37. The summed E-state index contributed by atoms with van der Waals surface area (Å²) in [7, 11) is 1.79. The lowest BCUT2D eigenvalue weighted by Gasteiger charge is -2.27. The van der Waals surface area contributed by atoms with Gasteiger partial charge in [-0.15, -0.1) is 0 Å². The van der Waals surface area contributed by atoms with E-state index in [4.69, 9.17) is 4.74 Å². The van der Waals surface area contributed by atoms with Crippen molar-refractivity contribution < 1.29 is 9.53 Å². The number of ether oxygens (including phenoxy) is 1. The zero-order chi connectivity index (χ0) is 13.0. The normalized spacial score (nSPS) is 19.6. The Morgan fingerprint density at radius 3 is 3.22 bits per heavy atom. The number of hydrogen-bond acceptors (Lipinski definition) is 3. The largest absolute Gasteiger partial charge is 0.381 e. The summed E-state index contributed by atoms with van der Waals surface area (Å²) in [5.74, 6) is 1.01. The number of aromatic amines is 1. The van der Waals surface area contributed by atoms with Crippen molar-refractivity contribution in [3.05, 3.63) is 10.7 Å². The van der Waals surface area contributed by atoms with Gasteiger partial charge in [-0.25, -0.2) is 4.79 Å². The van der Waals surface area contributed by atoms with Gasteiger partial charge < -0.3 is 9.64 Å². The highest BCUT2D eigenvalue weighted by Gasteiger charge is 2.19. The maximum Gasteiger partial charge on any atom is 0.322 e. The third kappa shape index (κ3) is 3.46. The molecule has 1 aliphatic heterocycles. The third-order valence-electron chi connectivity index (χ3n) is 2.96. The van der Waals surface area contributed by atoms with Gasteiger partial charge in [0.05, 0.1) is 17.3 Å². The summed E-state index contributed by atoms with van der Waals surface area (Å²) < 4.78 is 6.15. The molecule has 0 spiro atoms. The van der Waals surface area contributed by atoms with Crippen LogP contribution in [0.15, 0.2) is 10.7 Å². The van der Waals surface area contributed by atoms with Crippen LogP contribution >= 0.6 is 15.9 Å². The predicted molar refractivity (Wildman–Crippen MR) is 71.5 cm³/mol. The molecule has 2 amide bonds. The Morgan fingerprint density at radius 2 is 2.61 bits per heavy atom. The Kier molecular flexibility index (Phi) is 4.60. The van der Waals surface area contributed by atoms with Gasteiger partial charge in [0.15, 0.2) is 0 Å². The van der Waals surface area contributed by atoms with E-state index >= 15 is 0 Å². The molecule has 1 atom stereocenters. The molecule has 0 saturated carbocycles. The Labute approximate surface area is 114 Å². The minimum absolute atomic E-state index is 0.148. The molecule has 0 bridgehead atoms. The molecule has 2 rings (SSSR count). The molecule has 2 N–H and O–H groups in total. The standard InChI is InChI=1S/C11H17BrN4O2/c1-16(6-8-3-2-4-18-7-8)11(17)14-10-9(12)5-13-15-10/h5,8H,2-4,6-7H2,1H3,(H2,13,14,15,17). The van der Waals surface area contributed by atoms with Gasteiger partial charge in [0.2, 0.25) is 0 Å². The van der Waals surface area contributed by atoms with Crippen molar-refractivity contribution in [2.24, 2.45) is 5.92 Å². The van der Waals surface area contributed by atoms with Gasteiger partial charge in [-0.05, 0) is 28.8 Å². The van der Waals surface area contributed by atoms with Crippen LogP contribution in [-0.2, 0) is 4.74 Å². The average Bonchev–Trinajstić information content (AvgIpc) is 2.76. The van der Waals surface area contributed by atoms with Crippen LogP contribution in [0.5, 0.6) is 0 Å². The van der Waals surface area contributed by atoms with Crippen LogP contribution in [0.3, 0.4) is 0 Å². The quantitative estimate of drug-likeness (QED) is 0.896. The van der Waals surface area contributed by atoms with Crippen molar-refractivity contribution in [3.63, 3.8) is 0 Å². The van der Waals surface area contributed by atoms with Crippen molar-refractivity contribution >= 4 is 27.8 Å². The number of anilines is 1. The minimum Gasteiger partial charge on any atom is -0.381 e. The maximum absolute atomic E-state index is 11.9. The number of urea groups is 1. The van der Waals surface area contributed by atoms with Gasteiger partial charge >= 0.3 is 6.03 Å². The Morgan fingerprint density at radius 1 is 1.78 bits per heavy atom. The Hall–Kier alpha value is -1.08. The van der Waals surface area contributed by atoms with Gasteiger partial charge in [-0.2, -0.15) is 5.10 Å². The molecule has 1 aromatic rings. The van der Waals surface area contributed by atoms with Gasteiger partial charge in [0.25, 0.3) is 0 Å². The first kappa shape index (κ1) is 13.4. The number of amides is 2. The van der Waals surface area contributed by atoms with Gasteiger partial charge in [0.1, 0.15) is 5.82 Å². The second-order valence-electron chi connectivity index (χ2n) is 4.49. The number of H-pyrrole nitrogens is 1. The molecule has 100 valence electrons. The molecule has 1 unspecified atom stereocenters. The number of aromatic nitrogens is 2. The highest BCUT2D eigenvalue weighted by Crippen LogP contribution is 2.19. The zero-order valence-corrected chi connectivity index (χ0v) is 11.9. The van der Waals surface area contributed by atoms with Crippen LogP contribution in [0.4, 0.5) is 10.6 Å². The highest BCUT2D eigenvalue weighted by molar-refractivity contribution is 9.10. The molecular formula is C11H17BrN4O2.